The molecule has 0 bridgehead atoms. The standard InChI is InChI=1S/C20H25Br/c21-17-20(15-7-13-18-9-3-1-4-10-18)16-8-14-19-11-5-2-6-12-19/h1-6,9-12,20H,7-8,13-17H2. The van der Waals surface area contributed by atoms with E-state index in [1.165, 1.54) is 49.7 Å². The van der Waals surface area contributed by atoms with Crippen molar-refractivity contribution >= 4 is 15.9 Å². The lowest BCUT2D eigenvalue weighted by Gasteiger charge is -2.14. The summed E-state index contributed by atoms with van der Waals surface area (Å²) in [5.41, 5.74) is 2.94. The smallest absolute Gasteiger partial charge is 0.00596 e. The average molecular weight is 345 g/mol. The number of alkyl halides is 1. The van der Waals surface area contributed by atoms with E-state index in [1.54, 1.807) is 0 Å². The summed E-state index contributed by atoms with van der Waals surface area (Å²) in [4.78, 5) is 0. The van der Waals surface area contributed by atoms with E-state index in [0.29, 0.717) is 0 Å². The average Bonchev–Trinajstić information content (AvgIpc) is 2.55. The summed E-state index contributed by atoms with van der Waals surface area (Å²) in [7, 11) is 0. The molecule has 112 valence electrons. The van der Waals surface area contributed by atoms with Crippen LogP contribution in [0.1, 0.15) is 36.8 Å². The van der Waals surface area contributed by atoms with Gasteiger partial charge in [0.25, 0.3) is 0 Å². The van der Waals surface area contributed by atoms with Gasteiger partial charge in [0.1, 0.15) is 0 Å². The lowest BCUT2D eigenvalue weighted by Crippen LogP contribution is -2.04. The van der Waals surface area contributed by atoms with Crippen molar-refractivity contribution in [1.29, 1.82) is 0 Å². The molecule has 0 unspecified atom stereocenters. The largest absolute Gasteiger partial charge is 0.0925 e. The maximum absolute atomic E-state index is 3.69. The topological polar surface area (TPSA) is 0 Å². The van der Waals surface area contributed by atoms with Gasteiger partial charge in [-0.3, -0.25) is 0 Å². The maximum atomic E-state index is 3.69. The number of rotatable bonds is 9. The molecule has 0 spiro atoms. The number of hydrogen-bond donors (Lipinski definition) is 0. The third-order valence-electron chi connectivity index (χ3n) is 4.06. The predicted octanol–water partition coefficient (Wildman–Crippen LogP) is 6.04. The highest BCUT2D eigenvalue weighted by Gasteiger charge is 2.07. The van der Waals surface area contributed by atoms with Crippen LogP contribution in [-0.4, -0.2) is 5.33 Å². The van der Waals surface area contributed by atoms with Gasteiger partial charge < -0.3 is 0 Å². The predicted molar refractivity (Wildman–Crippen MR) is 96.0 cm³/mol. The summed E-state index contributed by atoms with van der Waals surface area (Å²) in [5, 5.41) is 1.14. The third-order valence-corrected chi connectivity index (χ3v) is 4.98. The Hall–Kier alpha value is -1.08. The normalized spacial score (nSPS) is 11.0. The molecular formula is C20H25Br. The second-order valence-electron chi connectivity index (χ2n) is 5.78. The number of halogens is 1. The Morgan fingerprint density at radius 3 is 1.48 bits per heavy atom. The van der Waals surface area contributed by atoms with Crippen molar-refractivity contribution in [3.05, 3.63) is 71.8 Å². The van der Waals surface area contributed by atoms with Gasteiger partial charge in [0.2, 0.25) is 0 Å². The molecule has 2 rings (SSSR count). The molecule has 1 heteroatoms. The first-order valence-corrected chi connectivity index (χ1v) is 9.14. The summed E-state index contributed by atoms with van der Waals surface area (Å²) in [6.45, 7) is 0. The Morgan fingerprint density at radius 1 is 0.667 bits per heavy atom. The minimum Gasteiger partial charge on any atom is -0.0925 e. The summed E-state index contributed by atoms with van der Waals surface area (Å²) in [6, 6.07) is 21.7. The zero-order valence-corrected chi connectivity index (χ0v) is 14.3. The van der Waals surface area contributed by atoms with Crippen LogP contribution in [0, 0.1) is 5.92 Å². The van der Waals surface area contributed by atoms with Crippen LogP contribution in [0.2, 0.25) is 0 Å². The molecule has 0 nitrogen and oxygen atoms in total. The summed E-state index contributed by atoms with van der Waals surface area (Å²) in [5.74, 6) is 0.817. The first kappa shape index (κ1) is 16.3. The van der Waals surface area contributed by atoms with E-state index in [9.17, 15) is 0 Å². The van der Waals surface area contributed by atoms with Gasteiger partial charge in [-0.15, -0.1) is 0 Å². The molecule has 0 aliphatic rings. The molecule has 0 amide bonds. The fourth-order valence-corrected chi connectivity index (χ4v) is 3.43. The number of hydrogen-bond acceptors (Lipinski definition) is 0. The maximum Gasteiger partial charge on any atom is 0.00596 e. The molecule has 0 radical (unpaired) electrons. The highest BCUT2D eigenvalue weighted by atomic mass is 79.9. The molecule has 21 heavy (non-hydrogen) atoms. The molecule has 0 saturated heterocycles. The molecule has 0 aliphatic heterocycles. The highest BCUT2D eigenvalue weighted by Crippen LogP contribution is 2.19. The minimum atomic E-state index is 0.817. The van der Waals surface area contributed by atoms with E-state index >= 15 is 0 Å². The monoisotopic (exact) mass is 344 g/mol. The van der Waals surface area contributed by atoms with Gasteiger partial charge in [0, 0.05) is 5.33 Å². The third kappa shape index (κ3) is 6.48. The zero-order valence-electron chi connectivity index (χ0n) is 12.7. The second-order valence-corrected chi connectivity index (χ2v) is 6.42. The Morgan fingerprint density at radius 2 is 1.10 bits per heavy atom. The van der Waals surface area contributed by atoms with Crippen LogP contribution < -0.4 is 0 Å². The van der Waals surface area contributed by atoms with E-state index in [0.717, 1.165) is 11.2 Å². The Labute approximate surface area is 137 Å². The van der Waals surface area contributed by atoms with Crippen LogP contribution in [0.3, 0.4) is 0 Å². The van der Waals surface area contributed by atoms with Crippen LogP contribution in [0.25, 0.3) is 0 Å². The molecule has 0 fully saturated rings. The lowest BCUT2D eigenvalue weighted by atomic mass is 9.95. The molecule has 0 aliphatic carbocycles. The number of aryl methyl sites for hydroxylation is 2. The first-order valence-electron chi connectivity index (χ1n) is 8.02. The quantitative estimate of drug-likeness (QED) is 0.486. The fourth-order valence-electron chi connectivity index (χ4n) is 2.78. The van der Waals surface area contributed by atoms with Crippen molar-refractivity contribution in [1.82, 2.24) is 0 Å². The van der Waals surface area contributed by atoms with E-state index < -0.39 is 0 Å². The molecule has 0 heterocycles. The van der Waals surface area contributed by atoms with E-state index in [4.69, 9.17) is 0 Å². The van der Waals surface area contributed by atoms with Crippen molar-refractivity contribution in [2.75, 3.05) is 5.33 Å². The fraction of sp³-hybridized carbons (Fsp3) is 0.400. The first-order chi connectivity index (χ1) is 10.4. The van der Waals surface area contributed by atoms with Gasteiger partial charge in [0.05, 0.1) is 0 Å². The van der Waals surface area contributed by atoms with Crippen LogP contribution in [0.15, 0.2) is 60.7 Å². The van der Waals surface area contributed by atoms with Crippen molar-refractivity contribution < 1.29 is 0 Å². The van der Waals surface area contributed by atoms with Gasteiger partial charge in [-0.25, -0.2) is 0 Å². The van der Waals surface area contributed by atoms with Gasteiger partial charge >= 0.3 is 0 Å². The van der Waals surface area contributed by atoms with Crippen molar-refractivity contribution in [3.8, 4) is 0 Å². The van der Waals surface area contributed by atoms with E-state index in [1.807, 2.05) is 0 Å². The Balaban J connectivity index is 1.64. The molecule has 0 aromatic heterocycles. The van der Waals surface area contributed by atoms with Gasteiger partial charge in [0.15, 0.2) is 0 Å². The minimum absolute atomic E-state index is 0.817. The van der Waals surface area contributed by atoms with Gasteiger partial charge in [-0.2, -0.15) is 0 Å². The SMILES string of the molecule is BrCC(CCCc1ccccc1)CCCc1ccccc1. The molecule has 0 N–H and O–H groups in total. The second kappa shape index (κ2) is 9.78. The van der Waals surface area contributed by atoms with Crippen molar-refractivity contribution in [2.45, 2.75) is 38.5 Å². The van der Waals surface area contributed by atoms with Crippen LogP contribution in [-0.2, 0) is 12.8 Å². The highest BCUT2D eigenvalue weighted by molar-refractivity contribution is 9.09. The van der Waals surface area contributed by atoms with E-state index in [-0.39, 0.29) is 0 Å². The van der Waals surface area contributed by atoms with Crippen LogP contribution in [0.5, 0.6) is 0 Å². The molecule has 2 aromatic carbocycles. The molecule has 0 atom stereocenters. The lowest BCUT2D eigenvalue weighted by molar-refractivity contribution is 0.469. The summed E-state index contributed by atoms with van der Waals surface area (Å²) in [6.07, 6.45) is 7.67. The van der Waals surface area contributed by atoms with Gasteiger partial charge in [-0.05, 0) is 55.6 Å². The van der Waals surface area contributed by atoms with Crippen molar-refractivity contribution in [2.24, 2.45) is 5.92 Å². The molecule has 2 aromatic rings. The molecule has 0 saturated carbocycles. The van der Waals surface area contributed by atoms with Crippen molar-refractivity contribution in [3.63, 3.8) is 0 Å². The van der Waals surface area contributed by atoms with Crippen LogP contribution >= 0.6 is 15.9 Å². The van der Waals surface area contributed by atoms with Crippen LogP contribution in [0.4, 0.5) is 0 Å². The summed E-state index contributed by atoms with van der Waals surface area (Å²) >= 11 is 3.69. The Kier molecular flexibility index (Phi) is 7.59. The summed E-state index contributed by atoms with van der Waals surface area (Å²) < 4.78 is 0. The zero-order chi connectivity index (χ0) is 14.8. The Bertz CT molecular complexity index is 432. The molecular weight excluding hydrogens is 320 g/mol. The van der Waals surface area contributed by atoms with Gasteiger partial charge in [-0.1, -0.05) is 76.6 Å². The van der Waals surface area contributed by atoms with E-state index in [2.05, 4.69) is 76.6 Å². The number of benzene rings is 2.